The molecule has 28 heavy (non-hydrogen) atoms. The van der Waals surface area contributed by atoms with Gasteiger partial charge in [0.1, 0.15) is 24.2 Å². The molecule has 0 radical (unpaired) electrons. The van der Waals surface area contributed by atoms with Gasteiger partial charge < -0.3 is 10.1 Å². The van der Waals surface area contributed by atoms with Crippen molar-refractivity contribution >= 4 is 21.6 Å². The largest absolute Gasteiger partial charge is 0.491 e. The number of aryl methyl sites for hydroxylation is 2. The molecule has 8 heteroatoms. The smallest absolute Gasteiger partial charge is 0.243 e. The van der Waals surface area contributed by atoms with Gasteiger partial charge in [-0.2, -0.15) is 0 Å². The fourth-order valence-corrected chi connectivity index (χ4v) is 3.93. The van der Waals surface area contributed by atoms with Crippen LogP contribution in [0, 0.1) is 19.7 Å². The molecule has 0 bridgehead atoms. The molecule has 2 aromatic rings. The number of halogens is 1. The van der Waals surface area contributed by atoms with E-state index in [0.717, 1.165) is 33.5 Å². The van der Waals surface area contributed by atoms with Gasteiger partial charge in [0.2, 0.25) is 15.9 Å². The van der Waals surface area contributed by atoms with Crippen molar-refractivity contribution < 1.29 is 22.3 Å². The van der Waals surface area contributed by atoms with Crippen LogP contribution < -0.4 is 14.4 Å². The fourth-order valence-electron chi connectivity index (χ4n) is 2.77. The van der Waals surface area contributed by atoms with Crippen molar-refractivity contribution in [1.82, 2.24) is 5.32 Å². The average molecular weight is 408 g/mol. The number of nitrogens with zero attached hydrogens (tertiary/aromatic N) is 1. The zero-order valence-electron chi connectivity index (χ0n) is 16.4. The molecule has 0 saturated carbocycles. The lowest BCUT2D eigenvalue weighted by atomic mass is 10.1. The first-order valence-corrected chi connectivity index (χ1v) is 10.7. The summed E-state index contributed by atoms with van der Waals surface area (Å²) in [6, 6.07) is 9.93. The van der Waals surface area contributed by atoms with Crippen molar-refractivity contribution in [3.8, 4) is 5.75 Å². The third-order valence-corrected chi connectivity index (χ3v) is 5.40. The standard InChI is InChI=1S/C20H25FN2O4S/c1-14-8-9-15(2)19(12-14)27-11-10-22-20(24)16(3)23(28(4,25)26)18-7-5-6-17(21)13-18/h5-9,12-13,16H,10-11H2,1-4H3,(H,22,24)/t16-/m1/s1. The van der Waals surface area contributed by atoms with Crippen LogP contribution in [-0.2, 0) is 14.8 Å². The molecule has 0 aliphatic carbocycles. The molecule has 0 spiro atoms. The monoisotopic (exact) mass is 408 g/mol. The van der Waals surface area contributed by atoms with Crippen LogP contribution in [0.25, 0.3) is 0 Å². The molecule has 0 fully saturated rings. The van der Waals surface area contributed by atoms with Crippen LogP contribution in [0.2, 0.25) is 0 Å². The number of ether oxygens (including phenoxy) is 1. The van der Waals surface area contributed by atoms with E-state index in [1.165, 1.54) is 25.1 Å². The van der Waals surface area contributed by atoms with Gasteiger partial charge in [-0.15, -0.1) is 0 Å². The Bertz CT molecular complexity index is 947. The quantitative estimate of drug-likeness (QED) is 0.682. The molecule has 0 unspecified atom stereocenters. The minimum absolute atomic E-state index is 0.0942. The summed E-state index contributed by atoms with van der Waals surface area (Å²) in [4.78, 5) is 12.5. The maximum atomic E-state index is 13.5. The first-order valence-electron chi connectivity index (χ1n) is 8.82. The lowest BCUT2D eigenvalue weighted by molar-refractivity contribution is -0.121. The number of hydrogen-bond donors (Lipinski definition) is 1. The lowest BCUT2D eigenvalue weighted by Crippen LogP contribution is -2.48. The molecule has 0 heterocycles. The van der Waals surface area contributed by atoms with Gasteiger partial charge >= 0.3 is 0 Å². The minimum Gasteiger partial charge on any atom is -0.491 e. The molecule has 152 valence electrons. The summed E-state index contributed by atoms with van der Waals surface area (Å²) in [7, 11) is -3.79. The van der Waals surface area contributed by atoms with E-state index in [-0.39, 0.29) is 18.8 Å². The normalized spacial score (nSPS) is 12.3. The second-order valence-electron chi connectivity index (χ2n) is 6.62. The van der Waals surface area contributed by atoms with E-state index in [4.69, 9.17) is 4.74 Å². The SMILES string of the molecule is Cc1ccc(C)c(OCCNC(=O)[C@@H](C)N(c2cccc(F)c2)S(C)(=O)=O)c1. The number of carbonyl (C=O) groups is 1. The summed E-state index contributed by atoms with van der Waals surface area (Å²) >= 11 is 0. The zero-order chi connectivity index (χ0) is 20.9. The van der Waals surface area contributed by atoms with Crippen molar-refractivity contribution in [1.29, 1.82) is 0 Å². The second-order valence-corrected chi connectivity index (χ2v) is 8.48. The number of carbonyl (C=O) groups excluding carboxylic acids is 1. The van der Waals surface area contributed by atoms with Crippen LogP contribution in [0.15, 0.2) is 42.5 Å². The van der Waals surface area contributed by atoms with Crippen LogP contribution in [-0.4, -0.2) is 39.8 Å². The number of nitrogens with one attached hydrogen (secondary N) is 1. The van der Waals surface area contributed by atoms with E-state index >= 15 is 0 Å². The Balaban J connectivity index is 2.00. The summed E-state index contributed by atoms with van der Waals surface area (Å²) in [6.07, 6.45) is 0.977. The molecule has 2 rings (SSSR count). The summed E-state index contributed by atoms with van der Waals surface area (Å²) in [5.41, 5.74) is 2.15. The Kier molecular flexibility index (Phi) is 7.01. The molecule has 6 nitrogen and oxygen atoms in total. The highest BCUT2D eigenvalue weighted by Crippen LogP contribution is 2.22. The predicted molar refractivity (Wildman–Crippen MR) is 108 cm³/mol. The van der Waals surface area contributed by atoms with Gasteiger partial charge in [0.25, 0.3) is 0 Å². The van der Waals surface area contributed by atoms with Gasteiger partial charge in [-0.05, 0) is 56.2 Å². The molecular formula is C20H25FN2O4S. The molecule has 1 amide bonds. The summed E-state index contributed by atoms with van der Waals surface area (Å²) < 4.78 is 44.4. The first kappa shape index (κ1) is 21.7. The highest BCUT2D eigenvalue weighted by molar-refractivity contribution is 7.92. The maximum Gasteiger partial charge on any atom is 0.243 e. The number of anilines is 1. The summed E-state index contributed by atoms with van der Waals surface area (Å²) in [6.45, 7) is 5.78. The zero-order valence-corrected chi connectivity index (χ0v) is 17.2. The van der Waals surface area contributed by atoms with Crippen LogP contribution in [0.3, 0.4) is 0 Å². The molecule has 0 aromatic heterocycles. The van der Waals surface area contributed by atoms with E-state index in [2.05, 4.69) is 5.32 Å². The summed E-state index contributed by atoms with van der Waals surface area (Å²) in [5.74, 6) is -0.347. The highest BCUT2D eigenvalue weighted by Gasteiger charge is 2.29. The highest BCUT2D eigenvalue weighted by atomic mass is 32.2. The number of rotatable bonds is 8. The van der Waals surface area contributed by atoms with Crippen LogP contribution in [0.4, 0.5) is 10.1 Å². The Hall–Kier alpha value is -2.61. The molecule has 1 atom stereocenters. The van der Waals surface area contributed by atoms with E-state index in [1.54, 1.807) is 0 Å². The molecule has 2 aromatic carbocycles. The van der Waals surface area contributed by atoms with Gasteiger partial charge in [0.15, 0.2) is 0 Å². The number of hydrogen-bond acceptors (Lipinski definition) is 4. The average Bonchev–Trinajstić information content (AvgIpc) is 2.60. The minimum atomic E-state index is -3.79. The van der Waals surface area contributed by atoms with Gasteiger partial charge in [0.05, 0.1) is 18.5 Å². The fraction of sp³-hybridized carbons (Fsp3) is 0.350. The Morgan fingerprint density at radius 1 is 1.21 bits per heavy atom. The van der Waals surface area contributed by atoms with Crippen LogP contribution in [0.5, 0.6) is 5.75 Å². The third-order valence-electron chi connectivity index (χ3n) is 4.15. The number of benzene rings is 2. The van der Waals surface area contributed by atoms with E-state index < -0.39 is 27.8 Å². The van der Waals surface area contributed by atoms with Crippen molar-refractivity contribution in [3.05, 3.63) is 59.4 Å². The molecule has 0 aliphatic heterocycles. The van der Waals surface area contributed by atoms with E-state index in [0.29, 0.717) is 0 Å². The van der Waals surface area contributed by atoms with Gasteiger partial charge in [-0.25, -0.2) is 12.8 Å². The Labute approximate surface area is 165 Å². The summed E-state index contributed by atoms with van der Waals surface area (Å²) in [5, 5.41) is 2.66. The van der Waals surface area contributed by atoms with Gasteiger partial charge in [-0.1, -0.05) is 18.2 Å². The predicted octanol–water partition coefficient (Wildman–Crippen LogP) is 2.79. The van der Waals surface area contributed by atoms with Crippen molar-refractivity contribution in [2.75, 3.05) is 23.7 Å². The van der Waals surface area contributed by atoms with Crippen molar-refractivity contribution in [3.63, 3.8) is 0 Å². The van der Waals surface area contributed by atoms with Gasteiger partial charge in [0, 0.05) is 0 Å². The van der Waals surface area contributed by atoms with E-state index in [9.17, 15) is 17.6 Å². The molecular weight excluding hydrogens is 383 g/mol. The van der Waals surface area contributed by atoms with E-state index in [1.807, 2.05) is 32.0 Å². The Morgan fingerprint density at radius 2 is 1.93 bits per heavy atom. The number of sulfonamides is 1. The van der Waals surface area contributed by atoms with Crippen molar-refractivity contribution in [2.24, 2.45) is 0 Å². The third kappa shape index (κ3) is 5.69. The first-order chi connectivity index (χ1) is 13.1. The lowest BCUT2D eigenvalue weighted by Gasteiger charge is -2.28. The van der Waals surface area contributed by atoms with Crippen LogP contribution >= 0.6 is 0 Å². The molecule has 0 aliphatic rings. The molecule has 1 N–H and O–H groups in total. The topological polar surface area (TPSA) is 75.7 Å². The Morgan fingerprint density at radius 3 is 2.57 bits per heavy atom. The maximum absolute atomic E-state index is 13.5. The van der Waals surface area contributed by atoms with Gasteiger partial charge in [-0.3, -0.25) is 9.10 Å². The van der Waals surface area contributed by atoms with Crippen LogP contribution in [0.1, 0.15) is 18.1 Å². The second kappa shape index (κ2) is 9.05. The number of amides is 1. The molecule has 0 saturated heterocycles. The van der Waals surface area contributed by atoms with Crippen molar-refractivity contribution in [2.45, 2.75) is 26.8 Å².